The van der Waals surface area contributed by atoms with Gasteiger partial charge in [-0.05, 0) is 52.7 Å². The lowest BCUT2D eigenvalue weighted by Crippen LogP contribution is -2.13. The first kappa shape index (κ1) is 13.7. The zero-order valence-corrected chi connectivity index (χ0v) is 11.6. The minimum atomic E-state index is -0.525. The van der Waals surface area contributed by atoms with Crippen molar-refractivity contribution < 1.29 is 13.6 Å². The van der Waals surface area contributed by atoms with E-state index in [0.717, 1.165) is 0 Å². The minimum absolute atomic E-state index is 0.0834. The van der Waals surface area contributed by atoms with E-state index >= 15 is 0 Å². The Morgan fingerprint density at radius 2 is 1.89 bits per heavy atom. The second-order valence-corrected chi connectivity index (χ2v) is 4.81. The van der Waals surface area contributed by atoms with Crippen LogP contribution < -0.4 is 5.32 Å². The molecule has 0 heterocycles. The van der Waals surface area contributed by atoms with Gasteiger partial charge in [0.05, 0.1) is 10.0 Å². The average molecular weight is 326 g/mol. The molecule has 2 rings (SSSR count). The Hall–Kier alpha value is -1.75. The fourth-order valence-electron chi connectivity index (χ4n) is 1.55. The Labute approximate surface area is 117 Å². The third kappa shape index (κ3) is 2.98. The van der Waals surface area contributed by atoms with Gasteiger partial charge >= 0.3 is 0 Å². The molecule has 1 N–H and O–H groups in total. The molecule has 2 aromatic carbocycles. The molecule has 0 saturated carbocycles. The summed E-state index contributed by atoms with van der Waals surface area (Å²) in [5.74, 6) is -1.44. The molecule has 0 atom stereocenters. The molecule has 5 heteroatoms. The van der Waals surface area contributed by atoms with Crippen molar-refractivity contribution in [1.29, 1.82) is 0 Å². The highest BCUT2D eigenvalue weighted by molar-refractivity contribution is 9.10. The van der Waals surface area contributed by atoms with Crippen LogP contribution in [0, 0.1) is 18.6 Å². The molecule has 1 amide bonds. The van der Waals surface area contributed by atoms with E-state index in [1.807, 2.05) is 0 Å². The topological polar surface area (TPSA) is 29.1 Å². The minimum Gasteiger partial charge on any atom is -0.322 e. The number of benzene rings is 2. The van der Waals surface area contributed by atoms with E-state index in [0.29, 0.717) is 11.3 Å². The van der Waals surface area contributed by atoms with Crippen LogP contribution in [0.1, 0.15) is 15.9 Å². The van der Waals surface area contributed by atoms with Gasteiger partial charge in [0, 0.05) is 5.69 Å². The van der Waals surface area contributed by atoms with Crippen molar-refractivity contribution in [3.63, 3.8) is 0 Å². The fraction of sp³-hybridized carbons (Fsp3) is 0.0714. The lowest BCUT2D eigenvalue weighted by atomic mass is 10.2. The van der Waals surface area contributed by atoms with Crippen molar-refractivity contribution in [2.24, 2.45) is 0 Å². The van der Waals surface area contributed by atoms with Crippen LogP contribution in [0.25, 0.3) is 0 Å². The van der Waals surface area contributed by atoms with Gasteiger partial charge in [0.15, 0.2) is 0 Å². The second kappa shape index (κ2) is 5.48. The molecule has 0 radical (unpaired) electrons. The zero-order valence-electron chi connectivity index (χ0n) is 10.0. The maximum Gasteiger partial charge on any atom is 0.256 e. The van der Waals surface area contributed by atoms with Crippen molar-refractivity contribution in [3.05, 3.63) is 63.6 Å². The van der Waals surface area contributed by atoms with Crippen molar-refractivity contribution >= 4 is 27.5 Å². The molecule has 0 saturated heterocycles. The van der Waals surface area contributed by atoms with Crippen molar-refractivity contribution in [3.8, 4) is 0 Å². The van der Waals surface area contributed by atoms with Gasteiger partial charge in [0.2, 0.25) is 0 Å². The van der Waals surface area contributed by atoms with E-state index in [2.05, 4.69) is 21.2 Å². The molecule has 0 aliphatic heterocycles. The third-order valence-electron chi connectivity index (χ3n) is 2.63. The molecule has 0 aliphatic rings. The van der Waals surface area contributed by atoms with Gasteiger partial charge in [-0.1, -0.05) is 12.1 Å². The van der Waals surface area contributed by atoms with Crippen LogP contribution in [0.2, 0.25) is 0 Å². The van der Waals surface area contributed by atoms with Crippen LogP contribution in [0.3, 0.4) is 0 Å². The molecular weight excluding hydrogens is 316 g/mol. The first-order valence-corrected chi connectivity index (χ1v) is 6.30. The first-order chi connectivity index (χ1) is 8.99. The maximum absolute atomic E-state index is 13.4. The standard InChI is InChI=1S/C14H10BrF2NO/c1-8-5-6-9(7-12(8)17)18-14(19)10-3-2-4-11(16)13(10)15/h2-7H,1H3,(H,18,19). The van der Waals surface area contributed by atoms with Gasteiger partial charge in [0.25, 0.3) is 5.91 Å². The summed E-state index contributed by atoms with van der Waals surface area (Å²) in [6.45, 7) is 1.63. The fourth-order valence-corrected chi connectivity index (χ4v) is 1.99. The van der Waals surface area contributed by atoms with Crippen molar-refractivity contribution in [2.45, 2.75) is 6.92 Å². The van der Waals surface area contributed by atoms with Crippen LogP contribution in [0.5, 0.6) is 0 Å². The highest BCUT2D eigenvalue weighted by Gasteiger charge is 2.13. The number of carbonyl (C=O) groups is 1. The van der Waals surface area contributed by atoms with E-state index in [4.69, 9.17) is 0 Å². The van der Waals surface area contributed by atoms with Gasteiger partial charge in [-0.2, -0.15) is 0 Å². The van der Waals surface area contributed by atoms with Crippen molar-refractivity contribution in [1.82, 2.24) is 0 Å². The summed E-state index contributed by atoms with van der Waals surface area (Å²) in [4.78, 5) is 12.0. The summed E-state index contributed by atoms with van der Waals surface area (Å²) in [6.07, 6.45) is 0. The molecule has 2 aromatic rings. The normalized spacial score (nSPS) is 10.3. The number of hydrogen-bond donors (Lipinski definition) is 1. The molecule has 0 fully saturated rings. The van der Waals surface area contributed by atoms with Gasteiger partial charge in [-0.25, -0.2) is 8.78 Å². The Kier molecular flexibility index (Phi) is 3.95. The SMILES string of the molecule is Cc1ccc(NC(=O)c2cccc(F)c2Br)cc1F. The van der Waals surface area contributed by atoms with Crippen molar-refractivity contribution in [2.75, 3.05) is 5.32 Å². The number of nitrogens with one attached hydrogen (secondary N) is 1. The highest BCUT2D eigenvalue weighted by Crippen LogP contribution is 2.22. The largest absolute Gasteiger partial charge is 0.322 e. The molecule has 0 spiro atoms. The first-order valence-electron chi connectivity index (χ1n) is 5.50. The van der Waals surface area contributed by atoms with E-state index in [1.54, 1.807) is 19.1 Å². The average Bonchev–Trinajstić information content (AvgIpc) is 2.37. The highest BCUT2D eigenvalue weighted by atomic mass is 79.9. The maximum atomic E-state index is 13.4. The number of aryl methyl sites for hydroxylation is 1. The molecular formula is C14H10BrF2NO. The number of carbonyl (C=O) groups excluding carboxylic acids is 1. The number of amides is 1. The Balaban J connectivity index is 2.26. The third-order valence-corrected chi connectivity index (χ3v) is 3.43. The van der Waals surface area contributed by atoms with Crippen LogP contribution in [-0.2, 0) is 0 Å². The molecule has 98 valence electrons. The van der Waals surface area contributed by atoms with Crippen LogP contribution >= 0.6 is 15.9 Å². The predicted molar refractivity (Wildman–Crippen MR) is 73.2 cm³/mol. The van der Waals surface area contributed by atoms with Gasteiger partial charge in [0.1, 0.15) is 11.6 Å². The van der Waals surface area contributed by atoms with Gasteiger partial charge in [-0.3, -0.25) is 4.79 Å². The summed E-state index contributed by atoms with van der Waals surface area (Å²) >= 11 is 3.01. The molecule has 2 nitrogen and oxygen atoms in total. The summed E-state index contributed by atoms with van der Waals surface area (Å²) in [5, 5.41) is 2.52. The lowest BCUT2D eigenvalue weighted by molar-refractivity contribution is 0.102. The number of anilines is 1. The Morgan fingerprint density at radius 3 is 2.58 bits per heavy atom. The summed E-state index contributed by atoms with van der Waals surface area (Å²) in [7, 11) is 0. The van der Waals surface area contributed by atoms with Gasteiger partial charge in [-0.15, -0.1) is 0 Å². The Bertz CT molecular complexity index is 643. The molecule has 0 aromatic heterocycles. The smallest absolute Gasteiger partial charge is 0.256 e. The summed E-state index contributed by atoms with van der Waals surface area (Å²) in [5.41, 5.74) is 0.968. The van der Waals surface area contributed by atoms with E-state index in [1.165, 1.54) is 24.3 Å². The molecule has 0 bridgehead atoms. The van der Waals surface area contributed by atoms with Crippen LogP contribution in [0.15, 0.2) is 40.9 Å². The predicted octanol–water partition coefficient (Wildman–Crippen LogP) is 4.29. The number of hydrogen-bond acceptors (Lipinski definition) is 1. The zero-order chi connectivity index (χ0) is 14.0. The number of rotatable bonds is 2. The van der Waals surface area contributed by atoms with E-state index in [-0.39, 0.29) is 10.0 Å². The second-order valence-electron chi connectivity index (χ2n) is 4.02. The summed E-state index contributed by atoms with van der Waals surface area (Å²) < 4.78 is 26.7. The molecule has 19 heavy (non-hydrogen) atoms. The van der Waals surface area contributed by atoms with Gasteiger partial charge < -0.3 is 5.32 Å². The lowest BCUT2D eigenvalue weighted by Gasteiger charge is -2.08. The van der Waals surface area contributed by atoms with E-state index in [9.17, 15) is 13.6 Å². The van der Waals surface area contributed by atoms with Crippen LogP contribution in [-0.4, -0.2) is 5.91 Å². The van der Waals surface area contributed by atoms with Crippen LogP contribution in [0.4, 0.5) is 14.5 Å². The monoisotopic (exact) mass is 325 g/mol. The Morgan fingerprint density at radius 1 is 1.16 bits per heavy atom. The quantitative estimate of drug-likeness (QED) is 0.876. The number of halogens is 3. The molecule has 0 unspecified atom stereocenters. The van der Waals surface area contributed by atoms with E-state index < -0.39 is 17.5 Å². The molecule has 0 aliphatic carbocycles. The summed E-state index contributed by atoms with van der Waals surface area (Å²) in [6, 6.07) is 8.53.